The topological polar surface area (TPSA) is 17.1 Å². The summed E-state index contributed by atoms with van der Waals surface area (Å²) >= 11 is 0. The molecule has 0 radical (unpaired) electrons. The van der Waals surface area contributed by atoms with Crippen LogP contribution in [-0.4, -0.2) is 13.5 Å². The number of rotatable bonds is 5. The van der Waals surface area contributed by atoms with E-state index in [0.29, 0.717) is 0 Å². The number of allylic oxidation sites excluding steroid dienone is 2. The molecule has 0 spiro atoms. The molecular formula is C22H20OSi. The number of carbonyl (C=O) groups is 1. The van der Waals surface area contributed by atoms with E-state index >= 15 is 0 Å². The summed E-state index contributed by atoms with van der Waals surface area (Å²) in [6, 6.07) is 30.7. The fourth-order valence-corrected chi connectivity index (χ4v) is 7.62. The van der Waals surface area contributed by atoms with Crippen LogP contribution in [0.25, 0.3) is 0 Å². The van der Waals surface area contributed by atoms with Crippen molar-refractivity contribution in [1.29, 1.82) is 0 Å². The van der Waals surface area contributed by atoms with Crippen LogP contribution < -0.4 is 15.6 Å². The Kier molecular flexibility index (Phi) is 4.87. The van der Waals surface area contributed by atoms with Crippen molar-refractivity contribution in [2.45, 2.75) is 6.92 Å². The summed E-state index contributed by atoms with van der Waals surface area (Å²) < 4.78 is 0. The standard InChI is InChI=1S/C22H20OSi/c1-2-12-22(23)24(19-13-6-3-7-14-19,20-15-8-4-9-16-20)21-17-10-5-11-18-21/h2-18H,1H3/b12-2+. The van der Waals surface area contributed by atoms with Crippen LogP contribution >= 0.6 is 0 Å². The third-order valence-electron chi connectivity index (χ3n) is 4.31. The van der Waals surface area contributed by atoms with Gasteiger partial charge in [0.15, 0.2) is 0 Å². The van der Waals surface area contributed by atoms with Gasteiger partial charge in [-0.1, -0.05) is 97.1 Å². The summed E-state index contributed by atoms with van der Waals surface area (Å²) in [5, 5.41) is 3.55. The molecule has 0 aliphatic carbocycles. The van der Waals surface area contributed by atoms with Gasteiger partial charge in [0.2, 0.25) is 8.07 Å². The van der Waals surface area contributed by atoms with Crippen molar-refractivity contribution in [2.24, 2.45) is 0 Å². The molecule has 0 aliphatic rings. The van der Waals surface area contributed by atoms with Crippen LogP contribution in [0.2, 0.25) is 0 Å². The molecule has 2 heteroatoms. The summed E-state index contributed by atoms with van der Waals surface area (Å²) in [6.45, 7) is 1.90. The van der Waals surface area contributed by atoms with Crippen molar-refractivity contribution in [1.82, 2.24) is 0 Å². The zero-order valence-corrected chi connectivity index (χ0v) is 14.7. The third kappa shape index (κ3) is 2.77. The van der Waals surface area contributed by atoms with Crippen LogP contribution in [0.5, 0.6) is 0 Å². The van der Waals surface area contributed by atoms with Gasteiger partial charge >= 0.3 is 0 Å². The largest absolute Gasteiger partial charge is 0.299 e. The minimum atomic E-state index is -2.77. The lowest BCUT2D eigenvalue weighted by molar-refractivity contribution is -0.108. The molecule has 3 aromatic carbocycles. The Morgan fingerprint density at radius 2 is 1.00 bits per heavy atom. The molecule has 0 aliphatic heterocycles. The molecule has 0 atom stereocenters. The van der Waals surface area contributed by atoms with E-state index < -0.39 is 8.07 Å². The van der Waals surface area contributed by atoms with Crippen molar-refractivity contribution in [3.8, 4) is 0 Å². The molecule has 0 saturated heterocycles. The number of hydrogen-bond acceptors (Lipinski definition) is 1. The monoisotopic (exact) mass is 328 g/mol. The van der Waals surface area contributed by atoms with Gasteiger partial charge in [-0.15, -0.1) is 0 Å². The first kappa shape index (κ1) is 16.2. The normalized spacial score (nSPS) is 11.5. The lowest BCUT2D eigenvalue weighted by atomic mass is 10.3. The average Bonchev–Trinajstić information content (AvgIpc) is 2.65. The van der Waals surface area contributed by atoms with E-state index in [2.05, 4.69) is 36.4 Å². The Balaban J connectivity index is 2.39. The Labute approximate surface area is 144 Å². The SMILES string of the molecule is C/C=C/C(=O)[Si](c1ccccc1)(c1ccccc1)c1ccccc1. The van der Waals surface area contributed by atoms with E-state index in [1.165, 1.54) is 0 Å². The van der Waals surface area contributed by atoms with Gasteiger partial charge in [0.05, 0.1) is 0 Å². The number of hydrogen-bond donors (Lipinski definition) is 0. The molecule has 0 N–H and O–H groups in total. The van der Waals surface area contributed by atoms with Crippen LogP contribution in [-0.2, 0) is 4.79 Å². The Morgan fingerprint density at radius 1 is 0.667 bits per heavy atom. The van der Waals surface area contributed by atoms with Gasteiger partial charge in [0.25, 0.3) is 0 Å². The first-order valence-corrected chi connectivity index (χ1v) is 10.1. The third-order valence-corrected chi connectivity index (χ3v) is 8.81. The summed E-state index contributed by atoms with van der Waals surface area (Å²) in [7, 11) is -2.77. The Bertz CT molecular complexity index is 727. The Morgan fingerprint density at radius 3 is 1.29 bits per heavy atom. The molecule has 0 fully saturated rings. The zero-order valence-electron chi connectivity index (χ0n) is 13.7. The second-order valence-corrected chi connectivity index (χ2v) is 9.44. The summed E-state index contributed by atoms with van der Waals surface area (Å²) in [6.07, 6.45) is 3.58. The van der Waals surface area contributed by atoms with Crippen LogP contribution in [0.1, 0.15) is 6.92 Å². The van der Waals surface area contributed by atoms with Gasteiger partial charge in [-0.2, -0.15) is 0 Å². The van der Waals surface area contributed by atoms with Crippen LogP contribution in [0.3, 0.4) is 0 Å². The molecule has 3 aromatic rings. The second kappa shape index (κ2) is 7.24. The highest BCUT2D eigenvalue weighted by Crippen LogP contribution is 2.10. The lowest BCUT2D eigenvalue weighted by Gasteiger charge is -2.30. The maximum atomic E-state index is 13.4. The molecule has 0 heterocycles. The molecule has 0 aromatic heterocycles. The van der Waals surface area contributed by atoms with Crippen LogP contribution in [0.15, 0.2) is 103 Å². The fourth-order valence-electron chi connectivity index (χ4n) is 3.27. The molecule has 0 unspecified atom stereocenters. The van der Waals surface area contributed by atoms with Crippen molar-refractivity contribution < 1.29 is 4.79 Å². The number of carbonyl (C=O) groups excluding carboxylic acids is 1. The molecular weight excluding hydrogens is 308 g/mol. The van der Waals surface area contributed by atoms with Crippen molar-refractivity contribution in [3.63, 3.8) is 0 Å². The summed E-state index contributed by atoms with van der Waals surface area (Å²) in [5.74, 6) is 0. The van der Waals surface area contributed by atoms with E-state index in [9.17, 15) is 4.79 Å². The van der Waals surface area contributed by atoms with Crippen molar-refractivity contribution >= 4 is 29.0 Å². The molecule has 0 bridgehead atoms. The molecule has 1 nitrogen and oxygen atoms in total. The predicted octanol–water partition coefficient (Wildman–Crippen LogP) is 2.84. The summed E-state index contributed by atoms with van der Waals surface area (Å²) in [5.41, 5.74) is 0. The van der Waals surface area contributed by atoms with Crippen molar-refractivity contribution in [2.75, 3.05) is 0 Å². The van der Waals surface area contributed by atoms with E-state index in [-0.39, 0.29) is 5.41 Å². The molecule has 0 saturated carbocycles. The molecule has 118 valence electrons. The second-order valence-electron chi connectivity index (χ2n) is 5.71. The number of benzene rings is 3. The first-order valence-electron chi connectivity index (χ1n) is 8.14. The van der Waals surface area contributed by atoms with Gasteiger partial charge in [-0.05, 0) is 28.6 Å². The van der Waals surface area contributed by atoms with Gasteiger partial charge in [0, 0.05) is 0 Å². The minimum Gasteiger partial charge on any atom is -0.299 e. The highest BCUT2D eigenvalue weighted by molar-refractivity contribution is 7.30. The van der Waals surface area contributed by atoms with E-state index in [1.807, 2.05) is 67.6 Å². The molecule has 0 amide bonds. The highest BCUT2D eigenvalue weighted by Gasteiger charge is 2.45. The van der Waals surface area contributed by atoms with E-state index in [4.69, 9.17) is 0 Å². The van der Waals surface area contributed by atoms with Crippen LogP contribution in [0, 0.1) is 0 Å². The fraction of sp³-hybridized carbons (Fsp3) is 0.0455. The van der Waals surface area contributed by atoms with Crippen molar-refractivity contribution in [3.05, 3.63) is 103 Å². The van der Waals surface area contributed by atoms with Crippen LogP contribution in [0.4, 0.5) is 0 Å². The molecule has 24 heavy (non-hydrogen) atoms. The maximum Gasteiger partial charge on any atom is 0.229 e. The lowest BCUT2D eigenvalue weighted by Crippen LogP contribution is -2.72. The van der Waals surface area contributed by atoms with E-state index in [1.54, 1.807) is 6.08 Å². The van der Waals surface area contributed by atoms with Gasteiger partial charge in [-0.3, -0.25) is 4.79 Å². The quantitative estimate of drug-likeness (QED) is 0.400. The van der Waals surface area contributed by atoms with E-state index in [0.717, 1.165) is 15.6 Å². The maximum absolute atomic E-state index is 13.4. The van der Waals surface area contributed by atoms with Gasteiger partial charge in [-0.25, -0.2) is 0 Å². The average molecular weight is 328 g/mol. The summed E-state index contributed by atoms with van der Waals surface area (Å²) in [4.78, 5) is 13.4. The smallest absolute Gasteiger partial charge is 0.229 e. The van der Waals surface area contributed by atoms with Gasteiger partial charge in [0.1, 0.15) is 5.41 Å². The highest BCUT2D eigenvalue weighted by atomic mass is 28.3. The molecule has 3 rings (SSSR count). The van der Waals surface area contributed by atoms with Gasteiger partial charge < -0.3 is 0 Å². The minimum absolute atomic E-state index is 0.202. The first-order chi connectivity index (χ1) is 11.8. The Hall–Kier alpha value is -2.71. The predicted molar refractivity (Wildman–Crippen MR) is 104 cm³/mol. The zero-order chi connectivity index (χ0) is 16.8.